The number of carbonyl (C=O) groups is 1. The number of ether oxygens (including phenoxy) is 1. The van der Waals surface area contributed by atoms with Crippen molar-refractivity contribution in [1.29, 1.82) is 0 Å². The average molecular weight is 362 g/mol. The maximum atomic E-state index is 12.3. The second kappa shape index (κ2) is 7.81. The molecule has 148 valence electrons. The fourth-order valence-electron chi connectivity index (χ4n) is 7.39. The molecule has 2 N–H and O–H groups in total. The first-order valence-electron chi connectivity index (χ1n) is 11.5. The molecule has 0 spiro atoms. The van der Waals surface area contributed by atoms with Gasteiger partial charge < -0.3 is 10.5 Å². The van der Waals surface area contributed by atoms with Crippen molar-refractivity contribution in [2.24, 2.45) is 47.2 Å². The molecule has 0 aliphatic heterocycles. The van der Waals surface area contributed by atoms with Gasteiger partial charge in [-0.2, -0.15) is 0 Å². The van der Waals surface area contributed by atoms with Gasteiger partial charge in [-0.25, -0.2) is 0 Å². The van der Waals surface area contributed by atoms with Crippen LogP contribution in [0.2, 0.25) is 0 Å². The van der Waals surface area contributed by atoms with E-state index in [-0.39, 0.29) is 12.1 Å². The zero-order chi connectivity index (χ0) is 18.3. The van der Waals surface area contributed by atoms with E-state index in [9.17, 15) is 4.79 Å². The average Bonchev–Trinajstić information content (AvgIpc) is 3.09. The van der Waals surface area contributed by atoms with Crippen molar-refractivity contribution in [1.82, 2.24) is 0 Å². The molecule has 3 nitrogen and oxygen atoms in total. The summed E-state index contributed by atoms with van der Waals surface area (Å²) in [4.78, 5) is 12.3. The van der Waals surface area contributed by atoms with Gasteiger partial charge in [-0.3, -0.25) is 4.79 Å². The van der Waals surface area contributed by atoms with Crippen LogP contribution in [0.25, 0.3) is 0 Å². The molecule has 0 saturated heterocycles. The maximum Gasteiger partial charge on any atom is 0.323 e. The van der Waals surface area contributed by atoms with Gasteiger partial charge in [0.05, 0.1) is 0 Å². The Kier molecular flexibility index (Phi) is 5.64. The fourth-order valence-corrected chi connectivity index (χ4v) is 7.39. The SMILES string of the molecule is CC(C)CC(N)C(=O)OC1CCC2C(CCC3C4CCCC4CCC23)C1. The van der Waals surface area contributed by atoms with E-state index in [1.165, 1.54) is 51.4 Å². The summed E-state index contributed by atoms with van der Waals surface area (Å²) in [6.45, 7) is 4.21. The lowest BCUT2D eigenvalue weighted by Crippen LogP contribution is -2.46. The first-order chi connectivity index (χ1) is 12.5. The number of fused-ring (bicyclic) bond motifs is 5. The van der Waals surface area contributed by atoms with Crippen LogP contribution in [-0.4, -0.2) is 18.1 Å². The standard InChI is InChI=1S/C23H39NO2/c1-14(2)12-22(24)23(25)26-17-8-11-19-16(13-17)7-10-20-18-5-3-4-15(18)6-9-21(19)20/h14-22H,3-13,24H2,1-2H3. The van der Waals surface area contributed by atoms with E-state index in [4.69, 9.17) is 10.5 Å². The lowest BCUT2D eigenvalue weighted by Gasteiger charge is -2.52. The van der Waals surface area contributed by atoms with Crippen LogP contribution in [0.15, 0.2) is 0 Å². The van der Waals surface area contributed by atoms with E-state index in [2.05, 4.69) is 13.8 Å². The van der Waals surface area contributed by atoms with Crippen LogP contribution in [0.3, 0.4) is 0 Å². The summed E-state index contributed by atoms with van der Waals surface area (Å²) >= 11 is 0. The molecule has 4 aliphatic rings. The predicted octanol–water partition coefficient (Wildman–Crippen LogP) is 4.92. The minimum atomic E-state index is -0.443. The molecule has 0 aromatic rings. The third kappa shape index (κ3) is 3.70. The summed E-state index contributed by atoms with van der Waals surface area (Å²) in [5, 5.41) is 0. The monoisotopic (exact) mass is 361 g/mol. The lowest BCUT2D eigenvalue weighted by molar-refractivity contribution is -0.156. The molecule has 0 amide bonds. The zero-order valence-electron chi connectivity index (χ0n) is 16.9. The zero-order valence-corrected chi connectivity index (χ0v) is 16.9. The number of hydrogen-bond donors (Lipinski definition) is 1. The van der Waals surface area contributed by atoms with Gasteiger partial charge in [0.15, 0.2) is 0 Å². The Balaban J connectivity index is 1.32. The Bertz CT molecular complexity index is 504. The molecule has 4 rings (SSSR count). The smallest absolute Gasteiger partial charge is 0.323 e. The molecule has 0 aromatic heterocycles. The van der Waals surface area contributed by atoms with Gasteiger partial charge in [-0.15, -0.1) is 0 Å². The Labute approximate surface area is 159 Å². The minimum Gasteiger partial charge on any atom is -0.461 e. The summed E-state index contributed by atoms with van der Waals surface area (Å²) in [5.74, 6) is 6.10. The number of esters is 1. The summed E-state index contributed by atoms with van der Waals surface area (Å²) < 4.78 is 5.84. The third-order valence-electron chi connectivity index (χ3n) is 8.41. The van der Waals surface area contributed by atoms with Gasteiger partial charge in [-0.05, 0) is 99.2 Å². The fraction of sp³-hybridized carbons (Fsp3) is 0.957. The van der Waals surface area contributed by atoms with Gasteiger partial charge >= 0.3 is 5.97 Å². The van der Waals surface area contributed by atoms with Crippen LogP contribution in [0.5, 0.6) is 0 Å². The lowest BCUT2D eigenvalue weighted by atomic mass is 9.53. The molecular formula is C23H39NO2. The molecule has 8 atom stereocenters. The van der Waals surface area contributed by atoms with E-state index < -0.39 is 6.04 Å². The number of nitrogens with two attached hydrogens (primary N) is 1. The Hall–Kier alpha value is -0.570. The van der Waals surface area contributed by atoms with E-state index >= 15 is 0 Å². The number of hydrogen-bond acceptors (Lipinski definition) is 3. The van der Waals surface area contributed by atoms with Crippen molar-refractivity contribution < 1.29 is 9.53 Å². The molecular weight excluding hydrogens is 322 g/mol. The predicted molar refractivity (Wildman–Crippen MR) is 104 cm³/mol. The van der Waals surface area contributed by atoms with Crippen molar-refractivity contribution >= 4 is 5.97 Å². The third-order valence-corrected chi connectivity index (χ3v) is 8.41. The normalized spacial score (nSPS) is 43.3. The van der Waals surface area contributed by atoms with Crippen molar-refractivity contribution in [2.75, 3.05) is 0 Å². The summed E-state index contributed by atoms with van der Waals surface area (Å²) in [5.41, 5.74) is 6.03. The first-order valence-corrected chi connectivity index (χ1v) is 11.5. The molecule has 0 aromatic carbocycles. The van der Waals surface area contributed by atoms with Crippen LogP contribution >= 0.6 is 0 Å². The highest BCUT2D eigenvalue weighted by atomic mass is 16.5. The number of rotatable bonds is 4. The molecule has 0 bridgehead atoms. The van der Waals surface area contributed by atoms with E-state index in [0.717, 1.165) is 54.8 Å². The molecule has 0 heterocycles. The second-order valence-corrected chi connectivity index (χ2v) is 10.4. The Morgan fingerprint density at radius 3 is 2.27 bits per heavy atom. The van der Waals surface area contributed by atoms with E-state index in [1.807, 2.05) is 0 Å². The summed E-state index contributed by atoms with van der Waals surface area (Å²) in [7, 11) is 0. The van der Waals surface area contributed by atoms with Gasteiger partial charge in [0, 0.05) is 0 Å². The van der Waals surface area contributed by atoms with E-state index in [0.29, 0.717) is 5.92 Å². The van der Waals surface area contributed by atoms with Crippen LogP contribution in [0, 0.1) is 41.4 Å². The van der Waals surface area contributed by atoms with Gasteiger partial charge in [-0.1, -0.05) is 26.7 Å². The van der Waals surface area contributed by atoms with Crippen LogP contribution in [-0.2, 0) is 9.53 Å². The largest absolute Gasteiger partial charge is 0.461 e. The van der Waals surface area contributed by atoms with Crippen molar-refractivity contribution in [3.05, 3.63) is 0 Å². The minimum absolute atomic E-state index is 0.126. The molecule has 8 unspecified atom stereocenters. The van der Waals surface area contributed by atoms with Crippen molar-refractivity contribution in [3.63, 3.8) is 0 Å². The van der Waals surface area contributed by atoms with Crippen LogP contribution < -0.4 is 5.73 Å². The molecule has 4 aliphatic carbocycles. The Morgan fingerprint density at radius 2 is 1.54 bits per heavy atom. The van der Waals surface area contributed by atoms with Gasteiger partial charge in [0.1, 0.15) is 12.1 Å². The highest BCUT2D eigenvalue weighted by molar-refractivity contribution is 5.75. The number of carbonyl (C=O) groups excluding carboxylic acids is 1. The van der Waals surface area contributed by atoms with Crippen LogP contribution in [0.1, 0.15) is 84.5 Å². The highest BCUT2D eigenvalue weighted by Gasteiger charge is 2.49. The summed E-state index contributed by atoms with van der Waals surface area (Å²) in [6.07, 6.45) is 14.6. The van der Waals surface area contributed by atoms with Gasteiger partial charge in [0.25, 0.3) is 0 Å². The summed E-state index contributed by atoms with van der Waals surface area (Å²) in [6, 6.07) is -0.443. The van der Waals surface area contributed by atoms with Crippen molar-refractivity contribution in [3.8, 4) is 0 Å². The first kappa shape index (κ1) is 18.8. The molecule has 4 fully saturated rings. The Morgan fingerprint density at radius 1 is 0.885 bits per heavy atom. The van der Waals surface area contributed by atoms with Crippen LogP contribution in [0.4, 0.5) is 0 Å². The maximum absolute atomic E-state index is 12.3. The van der Waals surface area contributed by atoms with Crippen molar-refractivity contribution in [2.45, 2.75) is 96.6 Å². The molecule has 4 saturated carbocycles. The highest BCUT2D eigenvalue weighted by Crippen LogP contribution is 2.57. The molecule has 3 heteroatoms. The second-order valence-electron chi connectivity index (χ2n) is 10.4. The topological polar surface area (TPSA) is 52.3 Å². The quantitative estimate of drug-likeness (QED) is 0.723. The molecule has 0 radical (unpaired) electrons. The van der Waals surface area contributed by atoms with E-state index in [1.54, 1.807) is 0 Å². The van der Waals surface area contributed by atoms with Gasteiger partial charge in [0.2, 0.25) is 0 Å². The molecule has 26 heavy (non-hydrogen) atoms.